The summed E-state index contributed by atoms with van der Waals surface area (Å²) >= 11 is 0. The molecule has 1 amide bonds. The van der Waals surface area contributed by atoms with Crippen LogP contribution in [0.4, 0.5) is 5.82 Å². The summed E-state index contributed by atoms with van der Waals surface area (Å²) in [5.41, 5.74) is -0.341. The lowest BCUT2D eigenvalue weighted by atomic mass is 10.1. The normalized spacial score (nSPS) is 12.0. The van der Waals surface area contributed by atoms with E-state index in [2.05, 4.69) is 20.3 Å². The SMILES string of the molecule is CCNc1ccc(C(=O)NCC(C)(C)NS(C)(=O)=O)cn1. The molecular formula is C13H22N4O3S. The molecule has 0 spiro atoms. The quantitative estimate of drug-likeness (QED) is 0.683. The number of nitrogens with zero attached hydrogens (tertiary/aromatic N) is 1. The minimum atomic E-state index is -3.33. The fraction of sp³-hybridized carbons (Fsp3) is 0.538. The first kappa shape index (κ1) is 17.4. The van der Waals surface area contributed by atoms with Crippen LogP contribution in [0.3, 0.4) is 0 Å². The zero-order chi connectivity index (χ0) is 16.1. The van der Waals surface area contributed by atoms with Crippen LogP contribution in [-0.2, 0) is 10.0 Å². The lowest BCUT2D eigenvalue weighted by Gasteiger charge is -2.25. The van der Waals surface area contributed by atoms with Crippen molar-refractivity contribution in [1.29, 1.82) is 0 Å². The number of aromatic nitrogens is 1. The van der Waals surface area contributed by atoms with Gasteiger partial charge in [0.05, 0.1) is 11.8 Å². The van der Waals surface area contributed by atoms with Crippen molar-refractivity contribution >= 4 is 21.7 Å². The summed E-state index contributed by atoms with van der Waals surface area (Å²) in [6, 6.07) is 3.38. The standard InChI is InChI=1S/C13H22N4O3S/c1-5-14-11-7-6-10(8-15-11)12(18)16-9-13(2,3)17-21(4,19)20/h6-8,17H,5,9H2,1-4H3,(H,14,15)(H,16,18). The second-order valence-electron chi connectivity index (χ2n) is 5.40. The minimum Gasteiger partial charge on any atom is -0.370 e. The van der Waals surface area contributed by atoms with E-state index in [1.165, 1.54) is 6.20 Å². The van der Waals surface area contributed by atoms with Crippen LogP contribution in [-0.4, -0.2) is 44.2 Å². The third-order valence-corrected chi connectivity index (χ3v) is 3.46. The lowest BCUT2D eigenvalue weighted by Crippen LogP contribution is -2.51. The number of hydrogen-bond acceptors (Lipinski definition) is 5. The van der Waals surface area contributed by atoms with Gasteiger partial charge in [0.15, 0.2) is 0 Å². The molecule has 1 aromatic rings. The Morgan fingerprint density at radius 2 is 2.00 bits per heavy atom. The maximum atomic E-state index is 12.0. The summed E-state index contributed by atoms with van der Waals surface area (Å²) in [6.07, 6.45) is 2.56. The van der Waals surface area contributed by atoms with E-state index in [0.29, 0.717) is 11.4 Å². The molecule has 0 saturated heterocycles. The predicted octanol–water partition coefficient (Wildman–Crippen LogP) is 0.571. The van der Waals surface area contributed by atoms with Gasteiger partial charge in [0, 0.05) is 24.8 Å². The van der Waals surface area contributed by atoms with Gasteiger partial charge in [-0.1, -0.05) is 0 Å². The largest absolute Gasteiger partial charge is 0.370 e. The van der Waals surface area contributed by atoms with Crippen LogP contribution < -0.4 is 15.4 Å². The van der Waals surface area contributed by atoms with Gasteiger partial charge in [0.1, 0.15) is 5.82 Å². The average molecular weight is 314 g/mol. The highest BCUT2D eigenvalue weighted by Crippen LogP contribution is 2.06. The van der Waals surface area contributed by atoms with Crippen molar-refractivity contribution in [2.24, 2.45) is 0 Å². The summed E-state index contributed by atoms with van der Waals surface area (Å²) < 4.78 is 24.9. The van der Waals surface area contributed by atoms with E-state index in [1.807, 2.05) is 6.92 Å². The third-order valence-electron chi connectivity index (χ3n) is 2.54. The van der Waals surface area contributed by atoms with Crippen LogP contribution in [0.5, 0.6) is 0 Å². The molecule has 0 atom stereocenters. The summed E-state index contributed by atoms with van der Waals surface area (Å²) in [4.78, 5) is 16.1. The molecule has 1 aromatic heterocycles. The molecule has 0 fully saturated rings. The number of nitrogens with one attached hydrogen (secondary N) is 3. The van der Waals surface area contributed by atoms with E-state index in [4.69, 9.17) is 0 Å². The molecule has 0 radical (unpaired) electrons. The number of amides is 1. The van der Waals surface area contributed by atoms with Gasteiger partial charge in [-0.15, -0.1) is 0 Å². The van der Waals surface area contributed by atoms with Gasteiger partial charge in [0.2, 0.25) is 10.0 Å². The van der Waals surface area contributed by atoms with E-state index in [1.54, 1.807) is 26.0 Å². The highest BCUT2D eigenvalue weighted by Gasteiger charge is 2.23. The summed E-state index contributed by atoms with van der Waals surface area (Å²) in [5, 5.41) is 5.72. The number of carbonyl (C=O) groups excluding carboxylic acids is 1. The van der Waals surface area contributed by atoms with Gasteiger partial charge in [0.25, 0.3) is 5.91 Å². The second kappa shape index (κ2) is 6.86. The van der Waals surface area contributed by atoms with Crippen LogP contribution in [0.2, 0.25) is 0 Å². The minimum absolute atomic E-state index is 0.174. The average Bonchev–Trinajstić information content (AvgIpc) is 2.34. The van der Waals surface area contributed by atoms with Crippen LogP contribution in [0, 0.1) is 0 Å². The first-order chi connectivity index (χ1) is 9.63. The first-order valence-electron chi connectivity index (χ1n) is 6.60. The Balaban J connectivity index is 2.61. The Kier molecular flexibility index (Phi) is 5.68. The van der Waals surface area contributed by atoms with E-state index in [9.17, 15) is 13.2 Å². The summed E-state index contributed by atoms with van der Waals surface area (Å²) in [5.74, 6) is 0.405. The van der Waals surface area contributed by atoms with Crippen molar-refractivity contribution in [1.82, 2.24) is 15.0 Å². The van der Waals surface area contributed by atoms with Gasteiger partial charge in [-0.05, 0) is 32.9 Å². The molecule has 0 saturated carbocycles. The monoisotopic (exact) mass is 314 g/mol. The molecule has 0 unspecified atom stereocenters. The van der Waals surface area contributed by atoms with E-state index in [0.717, 1.165) is 12.8 Å². The number of pyridine rings is 1. The maximum absolute atomic E-state index is 12.0. The molecule has 0 aliphatic heterocycles. The van der Waals surface area contributed by atoms with Gasteiger partial charge in [-0.2, -0.15) is 0 Å². The van der Waals surface area contributed by atoms with Crippen molar-refractivity contribution in [2.45, 2.75) is 26.3 Å². The fourth-order valence-electron chi connectivity index (χ4n) is 1.76. The van der Waals surface area contributed by atoms with E-state index < -0.39 is 15.6 Å². The molecule has 7 nitrogen and oxygen atoms in total. The van der Waals surface area contributed by atoms with Crippen molar-refractivity contribution in [2.75, 3.05) is 24.7 Å². The number of anilines is 1. The fourth-order valence-corrected chi connectivity index (χ4v) is 2.83. The molecule has 21 heavy (non-hydrogen) atoms. The Bertz CT molecular complexity index is 582. The number of rotatable bonds is 7. The smallest absolute Gasteiger partial charge is 0.252 e. The molecule has 3 N–H and O–H groups in total. The van der Waals surface area contributed by atoms with Crippen LogP contribution >= 0.6 is 0 Å². The molecule has 8 heteroatoms. The molecule has 0 aromatic carbocycles. The van der Waals surface area contributed by atoms with E-state index >= 15 is 0 Å². The Hall–Kier alpha value is -1.67. The van der Waals surface area contributed by atoms with Crippen LogP contribution in [0.25, 0.3) is 0 Å². The highest BCUT2D eigenvalue weighted by atomic mass is 32.2. The Labute approximate surface area is 125 Å². The maximum Gasteiger partial charge on any atom is 0.252 e. The third kappa shape index (κ3) is 6.54. The van der Waals surface area contributed by atoms with Crippen molar-refractivity contribution in [3.8, 4) is 0 Å². The Morgan fingerprint density at radius 1 is 1.33 bits per heavy atom. The topological polar surface area (TPSA) is 100 Å². The molecular weight excluding hydrogens is 292 g/mol. The number of sulfonamides is 1. The molecule has 0 aliphatic carbocycles. The van der Waals surface area contributed by atoms with E-state index in [-0.39, 0.29) is 12.5 Å². The van der Waals surface area contributed by atoms with Gasteiger partial charge in [-0.3, -0.25) is 4.79 Å². The number of hydrogen-bond donors (Lipinski definition) is 3. The summed E-state index contributed by atoms with van der Waals surface area (Å²) in [6.45, 7) is 6.28. The first-order valence-corrected chi connectivity index (χ1v) is 8.49. The molecule has 1 heterocycles. The molecule has 118 valence electrons. The molecule has 0 bridgehead atoms. The van der Waals surface area contributed by atoms with Gasteiger partial charge < -0.3 is 10.6 Å². The van der Waals surface area contributed by atoms with Gasteiger partial charge in [-0.25, -0.2) is 18.1 Å². The summed E-state index contributed by atoms with van der Waals surface area (Å²) in [7, 11) is -3.33. The zero-order valence-electron chi connectivity index (χ0n) is 12.7. The van der Waals surface area contributed by atoms with Gasteiger partial charge >= 0.3 is 0 Å². The number of carbonyl (C=O) groups is 1. The molecule has 0 aliphatic rings. The van der Waals surface area contributed by atoms with Crippen molar-refractivity contribution in [3.63, 3.8) is 0 Å². The highest BCUT2D eigenvalue weighted by molar-refractivity contribution is 7.88. The van der Waals surface area contributed by atoms with Crippen molar-refractivity contribution in [3.05, 3.63) is 23.9 Å². The zero-order valence-corrected chi connectivity index (χ0v) is 13.5. The lowest BCUT2D eigenvalue weighted by molar-refractivity contribution is 0.0944. The Morgan fingerprint density at radius 3 is 2.48 bits per heavy atom. The second-order valence-corrected chi connectivity index (χ2v) is 7.15. The van der Waals surface area contributed by atoms with Crippen LogP contribution in [0.15, 0.2) is 18.3 Å². The van der Waals surface area contributed by atoms with Crippen LogP contribution in [0.1, 0.15) is 31.1 Å². The van der Waals surface area contributed by atoms with Crippen molar-refractivity contribution < 1.29 is 13.2 Å². The molecule has 1 rings (SSSR count). The predicted molar refractivity (Wildman–Crippen MR) is 82.8 cm³/mol.